The van der Waals surface area contributed by atoms with E-state index < -0.39 is 0 Å². The first-order valence-electron chi connectivity index (χ1n) is 8.85. The lowest BCUT2D eigenvalue weighted by molar-refractivity contribution is 0.725. The van der Waals surface area contributed by atoms with Gasteiger partial charge in [-0.25, -0.2) is 4.68 Å². The van der Waals surface area contributed by atoms with Crippen molar-refractivity contribution in [3.05, 3.63) is 47.3 Å². The molecule has 1 atom stereocenters. The van der Waals surface area contributed by atoms with E-state index in [9.17, 15) is 0 Å². The summed E-state index contributed by atoms with van der Waals surface area (Å²) in [5, 5.41) is 12.3. The minimum atomic E-state index is 0.711. The lowest BCUT2D eigenvalue weighted by Gasteiger charge is -2.15. The first kappa shape index (κ1) is 17.9. The fraction of sp³-hybridized carbons (Fsp3) is 0.474. The third-order valence-corrected chi connectivity index (χ3v) is 6.02. The SMILES string of the molecule is CN=C(NCc1c(C)nn(-c2ccccc2)c1C)NCC1CCCS1. The van der Waals surface area contributed by atoms with Crippen molar-refractivity contribution in [3.63, 3.8) is 0 Å². The van der Waals surface area contributed by atoms with Gasteiger partial charge < -0.3 is 10.6 Å². The van der Waals surface area contributed by atoms with E-state index >= 15 is 0 Å². The monoisotopic (exact) mass is 357 g/mol. The van der Waals surface area contributed by atoms with Gasteiger partial charge in [-0.15, -0.1) is 0 Å². The van der Waals surface area contributed by atoms with Gasteiger partial charge in [-0.2, -0.15) is 16.9 Å². The summed E-state index contributed by atoms with van der Waals surface area (Å²) in [4.78, 5) is 4.35. The van der Waals surface area contributed by atoms with E-state index in [4.69, 9.17) is 5.10 Å². The van der Waals surface area contributed by atoms with E-state index in [1.54, 1.807) is 0 Å². The maximum absolute atomic E-state index is 4.71. The van der Waals surface area contributed by atoms with Crippen LogP contribution in [0.25, 0.3) is 5.69 Å². The topological polar surface area (TPSA) is 54.2 Å². The third kappa shape index (κ3) is 4.37. The van der Waals surface area contributed by atoms with Crippen molar-refractivity contribution in [1.82, 2.24) is 20.4 Å². The summed E-state index contributed by atoms with van der Waals surface area (Å²) in [5.74, 6) is 2.15. The predicted molar refractivity (Wildman–Crippen MR) is 107 cm³/mol. The van der Waals surface area contributed by atoms with Crippen LogP contribution < -0.4 is 10.6 Å². The van der Waals surface area contributed by atoms with Crippen molar-refractivity contribution in [2.45, 2.75) is 38.5 Å². The predicted octanol–water partition coefficient (Wildman–Crippen LogP) is 3.05. The van der Waals surface area contributed by atoms with Crippen molar-refractivity contribution in [1.29, 1.82) is 0 Å². The molecule has 0 bridgehead atoms. The Labute approximate surface area is 154 Å². The highest BCUT2D eigenvalue weighted by Gasteiger charge is 2.16. The molecule has 25 heavy (non-hydrogen) atoms. The van der Waals surface area contributed by atoms with Gasteiger partial charge in [-0.1, -0.05) is 18.2 Å². The van der Waals surface area contributed by atoms with E-state index in [1.165, 1.54) is 24.2 Å². The molecule has 1 aliphatic rings. The van der Waals surface area contributed by atoms with Crippen molar-refractivity contribution in [3.8, 4) is 5.69 Å². The van der Waals surface area contributed by atoms with Gasteiger partial charge in [0.05, 0.1) is 11.4 Å². The molecule has 0 amide bonds. The summed E-state index contributed by atoms with van der Waals surface area (Å²) in [7, 11) is 1.82. The van der Waals surface area contributed by atoms with Gasteiger partial charge in [0.25, 0.3) is 0 Å². The van der Waals surface area contributed by atoms with Crippen LogP contribution in [0.5, 0.6) is 0 Å². The molecule has 2 aromatic rings. The highest BCUT2D eigenvalue weighted by atomic mass is 32.2. The Morgan fingerprint density at radius 1 is 1.28 bits per heavy atom. The number of hydrogen-bond donors (Lipinski definition) is 2. The highest BCUT2D eigenvalue weighted by Crippen LogP contribution is 2.25. The summed E-state index contributed by atoms with van der Waals surface area (Å²) < 4.78 is 2.01. The number of hydrogen-bond acceptors (Lipinski definition) is 3. The number of nitrogens with zero attached hydrogens (tertiary/aromatic N) is 3. The standard InChI is InChI=1S/C19H27N5S/c1-14-18(15(2)24(23-14)16-8-5-4-6-9-16)13-22-19(20-3)21-12-17-10-7-11-25-17/h4-6,8-9,17H,7,10-13H2,1-3H3,(H2,20,21,22). The summed E-state index contributed by atoms with van der Waals surface area (Å²) >= 11 is 2.06. The van der Waals surface area contributed by atoms with Gasteiger partial charge in [0, 0.05) is 36.6 Å². The molecule has 2 N–H and O–H groups in total. The maximum Gasteiger partial charge on any atom is 0.191 e. The second-order valence-corrected chi connectivity index (χ2v) is 7.75. The zero-order valence-corrected chi connectivity index (χ0v) is 16.1. The molecule has 5 nitrogen and oxygen atoms in total. The van der Waals surface area contributed by atoms with Gasteiger partial charge in [-0.3, -0.25) is 4.99 Å². The zero-order chi connectivity index (χ0) is 17.6. The minimum Gasteiger partial charge on any atom is -0.355 e. The van der Waals surface area contributed by atoms with Crippen molar-refractivity contribution < 1.29 is 0 Å². The number of para-hydroxylation sites is 1. The number of nitrogens with one attached hydrogen (secondary N) is 2. The lowest BCUT2D eigenvalue weighted by atomic mass is 10.2. The van der Waals surface area contributed by atoms with Gasteiger partial charge >= 0.3 is 0 Å². The highest BCUT2D eigenvalue weighted by molar-refractivity contribution is 8.00. The van der Waals surface area contributed by atoms with Gasteiger partial charge in [0.1, 0.15) is 0 Å². The van der Waals surface area contributed by atoms with Crippen LogP contribution in [0, 0.1) is 13.8 Å². The fourth-order valence-electron chi connectivity index (χ4n) is 3.16. The number of guanidine groups is 1. The van der Waals surface area contributed by atoms with Gasteiger partial charge in [0.2, 0.25) is 0 Å². The Morgan fingerprint density at radius 2 is 2.08 bits per heavy atom. The van der Waals surface area contributed by atoms with Crippen molar-refractivity contribution >= 4 is 17.7 Å². The maximum atomic E-state index is 4.71. The second-order valence-electron chi connectivity index (χ2n) is 6.34. The molecule has 0 spiro atoms. The molecule has 1 aromatic carbocycles. The van der Waals surface area contributed by atoms with E-state index in [2.05, 4.69) is 53.4 Å². The largest absolute Gasteiger partial charge is 0.355 e. The molecule has 0 saturated carbocycles. The average Bonchev–Trinajstić information content (AvgIpc) is 3.25. The zero-order valence-electron chi connectivity index (χ0n) is 15.2. The van der Waals surface area contributed by atoms with Gasteiger partial charge in [0.15, 0.2) is 5.96 Å². The summed E-state index contributed by atoms with van der Waals surface area (Å²) in [5.41, 5.74) is 4.53. The number of aromatic nitrogens is 2. The molecule has 1 unspecified atom stereocenters. The molecular weight excluding hydrogens is 330 g/mol. The normalized spacial score (nSPS) is 17.7. The molecule has 6 heteroatoms. The molecule has 0 aliphatic carbocycles. The Kier molecular flexibility index (Phi) is 6.02. The first-order chi connectivity index (χ1) is 12.2. The quantitative estimate of drug-likeness (QED) is 0.638. The number of aliphatic imine (C=N–C) groups is 1. The summed E-state index contributed by atoms with van der Waals surface area (Å²) in [6.45, 7) is 5.89. The molecular formula is C19H27N5S. The van der Waals surface area contributed by atoms with E-state index in [1.807, 2.05) is 29.9 Å². The molecule has 1 aromatic heterocycles. The third-order valence-electron chi connectivity index (χ3n) is 4.62. The van der Waals surface area contributed by atoms with Crippen LogP contribution >= 0.6 is 11.8 Å². The molecule has 0 radical (unpaired) electrons. The van der Waals surface area contributed by atoms with E-state index in [0.29, 0.717) is 5.25 Å². The van der Waals surface area contributed by atoms with Gasteiger partial charge in [-0.05, 0) is 44.6 Å². The Morgan fingerprint density at radius 3 is 2.76 bits per heavy atom. The second kappa shape index (κ2) is 8.43. The van der Waals surface area contributed by atoms with Crippen LogP contribution in [0.4, 0.5) is 0 Å². The lowest BCUT2D eigenvalue weighted by Crippen LogP contribution is -2.39. The minimum absolute atomic E-state index is 0.711. The van der Waals surface area contributed by atoms with Crippen LogP contribution in [-0.4, -0.2) is 40.3 Å². The van der Waals surface area contributed by atoms with Crippen LogP contribution in [-0.2, 0) is 6.54 Å². The number of benzene rings is 1. The Hall–Kier alpha value is -1.95. The molecule has 2 heterocycles. The molecule has 3 rings (SSSR count). The van der Waals surface area contributed by atoms with Crippen molar-refractivity contribution in [2.75, 3.05) is 19.3 Å². The summed E-state index contributed by atoms with van der Waals surface area (Å²) in [6.07, 6.45) is 2.64. The van der Waals surface area contributed by atoms with Crippen LogP contribution in [0.1, 0.15) is 29.8 Å². The smallest absolute Gasteiger partial charge is 0.191 e. The number of aryl methyl sites for hydroxylation is 1. The first-order valence-corrected chi connectivity index (χ1v) is 9.90. The summed E-state index contributed by atoms with van der Waals surface area (Å²) in [6, 6.07) is 10.3. The molecule has 1 aliphatic heterocycles. The average molecular weight is 358 g/mol. The fourth-order valence-corrected chi connectivity index (χ4v) is 4.36. The van der Waals surface area contributed by atoms with Crippen molar-refractivity contribution in [2.24, 2.45) is 4.99 Å². The molecule has 1 fully saturated rings. The molecule has 1 saturated heterocycles. The number of rotatable bonds is 5. The number of thioether (sulfide) groups is 1. The van der Waals surface area contributed by atoms with Crippen LogP contribution in [0.3, 0.4) is 0 Å². The molecule has 134 valence electrons. The Bertz CT molecular complexity index is 717. The van der Waals surface area contributed by atoms with Crippen LogP contribution in [0.15, 0.2) is 35.3 Å². The Balaban J connectivity index is 1.63. The van der Waals surface area contributed by atoms with E-state index in [-0.39, 0.29) is 0 Å². The van der Waals surface area contributed by atoms with Crippen LogP contribution in [0.2, 0.25) is 0 Å². The van der Waals surface area contributed by atoms with E-state index in [0.717, 1.165) is 36.1 Å².